The molecular weight excluding hydrogens is 336 g/mol. The molecule has 0 heterocycles. The van der Waals surface area contributed by atoms with Crippen LogP contribution in [0.5, 0.6) is 34.5 Å². The molecule has 0 amide bonds. The van der Waals surface area contributed by atoms with E-state index in [4.69, 9.17) is 18.9 Å². The van der Waals surface area contributed by atoms with Crippen LogP contribution in [-0.2, 0) is 6.42 Å². The molecule has 6 heteroatoms. The van der Waals surface area contributed by atoms with E-state index in [1.165, 1.54) is 28.4 Å². The molecule has 2 aromatic rings. The third-order valence-corrected chi connectivity index (χ3v) is 4.01. The second-order valence-electron chi connectivity index (χ2n) is 5.83. The van der Waals surface area contributed by atoms with Crippen molar-refractivity contribution in [2.45, 2.75) is 13.3 Å². The van der Waals surface area contributed by atoms with Crippen LogP contribution in [0.3, 0.4) is 0 Å². The maximum atomic E-state index is 10.5. The summed E-state index contributed by atoms with van der Waals surface area (Å²) in [6, 6.07) is 5.09. The van der Waals surface area contributed by atoms with Gasteiger partial charge in [0.15, 0.2) is 23.0 Å². The van der Waals surface area contributed by atoms with Crippen LogP contribution in [0.15, 0.2) is 30.4 Å². The summed E-state index contributed by atoms with van der Waals surface area (Å²) in [6.45, 7) is 5.86. The summed E-state index contributed by atoms with van der Waals surface area (Å²) < 4.78 is 21.3. The minimum Gasteiger partial charge on any atom is -0.502 e. The van der Waals surface area contributed by atoms with Crippen molar-refractivity contribution in [1.29, 1.82) is 0 Å². The lowest BCUT2D eigenvalue weighted by Crippen LogP contribution is -2.00. The van der Waals surface area contributed by atoms with Crippen LogP contribution in [0.2, 0.25) is 0 Å². The quantitative estimate of drug-likeness (QED) is 0.729. The third kappa shape index (κ3) is 3.35. The molecule has 0 fully saturated rings. The van der Waals surface area contributed by atoms with Crippen molar-refractivity contribution < 1.29 is 29.2 Å². The van der Waals surface area contributed by atoms with E-state index >= 15 is 0 Å². The number of allylic oxidation sites excluding steroid dienone is 1. The zero-order chi connectivity index (χ0) is 19.4. The van der Waals surface area contributed by atoms with Crippen LogP contribution in [0, 0.1) is 0 Å². The summed E-state index contributed by atoms with van der Waals surface area (Å²) >= 11 is 0. The van der Waals surface area contributed by atoms with Gasteiger partial charge < -0.3 is 29.2 Å². The highest BCUT2D eigenvalue weighted by atomic mass is 16.5. The molecular formula is C20H24O6. The number of ether oxygens (including phenoxy) is 4. The highest BCUT2D eigenvalue weighted by Crippen LogP contribution is 2.52. The van der Waals surface area contributed by atoms with E-state index in [0.717, 1.165) is 11.1 Å². The Morgan fingerprint density at radius 3 is 1.96 bits per heavy atom. The first-order chi connectivity index (χ1) is 12.4. The average Bonchev–Trinajstić information content (AvgIpc) is 2.61. The number of rotatable bonds is 7. The highest BCUT2D eigenvalue weighted by molar-refractivity contribution is 5.85. The van der Waals surface area contributed by atoms with Gasteiger partial charge in [-0.1, -0.05) is 12.2 Å². The van der Waals surface area contributed by atoms with Gasteiger partial charge in [-0.25, -0.2) is 0 Å². The molecule has 6 nitrogen and oxygen atoms in total. The normalized spacial score (nSPS) is 10.3. The fourth-order valence-electron chi connectivity index (χ4n) is 2.91. The minimum absolute atomic E-state index is 0.132. The molecule has 0 spiro atoms. The van der Waals surface area contributed by atoms with E-state index in [-0.39, 0.29) is 28.7 Å². The van der Waals surface area contributed by atoms with E-state index < -0.39 is 0 Å². The first-order valence-electron chi connectivity index (χ1n) is 7.95. The summed E-state index contributed by atoms with van der Waals surface area (Å²) in [4.78, 5) is 0. The number of hydrogen-bond acceptors (Lipinski definition) is 6. The lowest BCUT2D eigenvalue weighted by atomic mass is 9.92. The molecule has 0 aromatic heterocycles. The predicted octanol–water partition coefficient (Wildman–Crippen LogP) is 3.92. The zero-order valence-corrected chi connectivity index (χ0v) is 15.7. The molecule has 2 N–H and O–H groups in total. The van der Waals surface area contributed by atoms with Crippen LogP contribution >= 0.6 is 0 Å². The van der Waals surface area contributed by atoms with Crippen molar-refractivity contribution in [3.05, 3.63) is 35.9 Å². The first kappa shape index (κ1) is 19.3. The summed E-state index contributed by atoms with van der Waals surface area (Å²) in [6.07, 6.45) is 0.526. The van der Waals surface area contributed by atoms with Gasteiger partial charge in [-0.3, -0.25) is 0 Å². The molecule has 0 bridgehead atoms. The molecule has 0 unspecified atom stereocenters. The van der Waals surface area contributed by atoms with Crippen LogP contribution in [-0.4, -0.2) is 38.7 Å². The number of benzene rings is 2. The number of methoxy groups -OCH3 is 4. The zero-order valence-electron chi connectivity index (χ0n) is 15.7. The summed E-state index contributed by atoms with van der Waals surface area (Å²) in [7, 11) is 5.84. The Kier molecular flexibility index (Phi) is 5.87. The Labute approximate surface area is 153 Å². The Bertz CT molecular complexity index is 826. The third-order valence-electron chi connectivity index (χ3n) is 4.01. The van der Waals surface area contributed by atoms with Crippen LogP contribution in [0.1, 0.15) is 12.5 Å². The summed E-state index contributed by atoms with van der Waals surface area (Å²) in [5, 5.41) is 21.0. The van der Waals surface area contributed by atoms with Crippen LogP contribution in [0.25, 0.3) is 11.1 Å². The van der Waals surface area contributed by atoms with Crippen LogP contribution in [0.4, 0.5) is 0 Å². The van der Waals surface area contributed by atoms with Crippen molar-refractivity contribution >= 4 is 0 Å². The summed E-state index contributed by atoms with van der Waals surface area (Å²) in [5.41, 5.74) is 2.87. The lowest BCUT2D eigenvalue weighted by molar-refractivity contribution is 0.337. The second kappa shape index (κ2) is 7.91. The second-order valence-corrected chi connectivity index (χ2v) is 5.83. The van der Waals surface area contributed by atoms with Gasteiger partial charge in [-0.05, 0) is 37.1 Å². The summed E-state index contributed by atoms with van der Waals surface area (Å²) in [5.74, 6) is 0.750. The van der Waals surface area contributed by atoms with Gasteiger partial charge >= 0.3 is 0 Å². The average molecular weight is 360 g/mol. The molecule has 0 radical (unpaired) electrons. The molecule has 0 aliphatic carbocycles. The number of hydrogen-bond donors (Lipinski definition) is 2. The molecule has 0 aliphatic rings. The largest absolute Gasteiger partial charge is 0.502 e. The van der Waals surface area contributed by atoms with E-state index in [1.54, 1.807) is 18.2 Å². The molecule has 0 saturated carbocycles. The smallest absolute Gasteiger partial charge is 0.201 e. The van der Waals surface area contributed by atoms with Crippen molar-refractivity contribution in [2.75, 3.05) is 28.4 Å². The van der Waals surface area contributed by atoms with Gasteiger partial charge in [0.25, 0.3) is 0 Å². The van der Waals surface area contributed by atoms with Crippen molar-refractivity contribution in [3.8, 4) is 45.6 Å². The minimum atomic E-state index is -0.133. The fraction of sp³-hybridized carbons (Fsp3) is 0.300. The maximum Gasteiger partial charge on any atom is 0.201 e. The molecule has 0 saturated heterocycles. The number of phenols is 2. The molecule has 0 aliphatic heterocycles. The Morgan fingerprint density at radius 1 is 0.885 bits per heavy atom. The van der Waals surface area contributed by atoms with E-state index in [1.807, 2.05) is 6.92 Å². The highest BCUT2D eigenvalue weighted by Gasteiger charge is 2.25. The fourth-order valence-corrected chi connectivity index (χ4v) is 2.91. The van der Waals surface area contributed by atoms with Crippen molar-refractivity contribution in [2.24, 2.45) is 0 Å². The number of phenolic OH excluding ortho intramolecular Hbond substituents is 2. The monoisotopic (exact) mass is 360 g/mol. The van der Waals surface area contributed by atoms with Gasteiger partial charge in [0.2, 0.25) is 11.5 Å². The van der Waals surface area contributed by atoms with Gasteiger partial charge in [0.05, 0.1) is 28.4 Å². The standard InChI is InChI=1S/C20H24O6/c1-11(2)9-12-10-15(24-4)18(22)20(26-6)16(12)13-7-8-14(23-3)17(21)19(13)25-5/h7-8,10,21-22H,1,9H2,2-6H3. The molecule has 26 heavy (non-hydrogen) atoms. The topological polar surface area (TPSA) is 77.4 Å². The van der Waals surface area contributed by atoms with Crippen molar-refractivity contribution in [3.63, 3.8) is 0 Å². The van der Waals surface area contributed by atoms with Crippen molar-refractivity contribution in [1.82, 2.24) is 0 Å². The number of aromatic hydroxyl groups is 2. The molecule has 0 atom stereocenters. The Morgan fingerprint density at radius 2 is 1.46 bits per heavy atom. The molecule has 2 rings (SSSR count). The van der Waals surface area contributed by atoms with Gasteiger partial charge in [0.1, 0.15) is 0 Å². The van der Waals surface area contributed by atoms with Gasteiger partial charge in [0, 0.05) is 11.1 Å². The molecule has 140 valence electrons. The van der Waals surface area contributed by atoms with Crippen LogP contribution < -0.4 is 18.9 Å². The molecule has 2 aromatic carbocycles. The first-order valence-corrected chi connectivity index (χ1v) is 7.95. The van der Waals surface area contributed by atoms with Gasteiger partial charge in [-0.15, -0.1) is 0 Å². The SMILES string of the molecule is C=C(C)Cc1cc(OC)c(O)c(OC)c1-c1ccc(OC)c(O)c1OC. The Hall–Kier alpha value is -3.02. The van der Waals surface area contributed by atoms with E-state index in [2.05, 4.69) is 6.58 Å². The Balaban J connectivity index is 2.89. The van der Waals surface area contributed by atoms with E-state index in [0.29, 0.717) is 23.3 Å². The lowest BCUT2D eigenvalue weighted by Gasteiger charge is -2.20. The maximum absolute atomic E-state index is 10.5. The predicted molar refractivity (Wildman–Crippen MR) is 99.9 cm³/mol. The van der Waals surface area contributed by atoms with E-state index in [9.17, 15) is 10.2 Å². The van der Waals surface area contributed by atoms with Gasteiger partial charge in [-0.2, -0.15) is 0 Å².